The van der Waals surface area contributed by atoms with Gasteiger partial charge in [-0.15, -0.1) is 10.2 Å². The smallest absolute Gasteiger partial charge is 0.182 e. The largest absolute Gasteiger partial charge is 0.360 e. The van der Waals surface area contributed by atoms with Crippen LogP contribution < -0.4 is 0 Å². The van der Waals surface area contributed by atoms with Crippen LogP contribution in [0.1, 0.15) is 44.0 Å². The second-order valence-corrected chi connectivity index (χ2v) is 7.92. The van der Waals surface area contributed by atoms with E-state index in [1.54, 1.807) is 6.08 Å². The number of allylic oxidation sites excluding steroid dienone is 2. The van der Waals surface area contributed by atoms with Gasteiger partial charge in [-0.25, -0.2) is 0 Å². The van der Waals surface area contributed by atoms with E-state index in [-0.39, 0.29) is 6.04 Å². The summed E-state index contributed by atoms with van der Waals surface area (Å²) in [5.41, 5.74) is 6.20. The lowest BCUT2D eigenvalue weighted by atomic mass is 10.0. The van der Waals surface area contributed by atoms with Crippen LogP contribution in [-0.4, -0.2) is 31.9 Å². The van der Waals surface area contributed by atoms with Crippen molar-refractivity contribution in [3.63, 3.8) is 0 Å². The summed E-state index contributed by atoms with van der Waals surface area (Å²) in [6.07, 6.45) is 3.71. The SMILES string of the molecule is C=CC(C)=N/C(=C\C)c1nnc2n1CCN(C(=C)c1ccc(-c3ccccc3)cc1)[C@@H]2C. The molecule has 1 atom stereocenters. The Hall–Kier alpha value is -3.73. The number of hydrogen-bond donors (Lipinski definition) is 0. The molecule has 1 aliphatic heterocycles. The Morgan fingerprint density at radius 1 is 1.03 bits per heavy atom. The van der Waals surface area contributed by atoms with E-state index in [0.717, 1.165) is 47.4 Å². The fourth-order valence-corrected chi connectivity index (χ4v) is 4.07. The first-order valence-corrected chi connectivity index (χ1v) is 10.9. The fourth-order valence-electron chi connectivity index (χ4n) is 4.07. The van der Waals surface area contributed by atoms with Crippen LogP contribution in [0.4, 0.5) is 0 Å². The molecule has 0 amide bonds. The Kier molecular flexibility index (Phi) is 6.17. The Labute approximate surface area is 190 Å². The second kappa shape index (κ2) is 9.18. The Morgan fingerprint density at radius 2 is 1.72 bits per heavy atom. The molecule has 5 nitrogen and oxygen atoms in total. The highest BCUT2D eigenvalue weighted by atomic mass is 15.4. The Morgan fingerprint density at radius 3 is 2.38 bits per heavy atom. The van der Waals surface area contributed by atoms with Gasteiger partial charge in [-0.2, -0.15) is 0 Å². The van der Waals surface area contributed by atoms with Gasteiger partial charge in [0, 0.05) is 24.5 Å². The van der Waals surface area contributed by atoms with Crippen LogP contribution in [0.15, 0.2) is 84.9 Å². The van der Waals surface area contributed by atoms with Gasteiger partial charge in [-0.05, 0) is 43.5 Å². The van der Waals surface area contributed by atoms with E-state index in [9.17, 15) is 0 Å². The Bertz CT molecular complexity index is 1180. The lowest BCUT2D eigenvalue weighted by Gasteiger charge is -2.37. The number of nitrogens with zero attached hydrogens (tertiary/aromatic N) is 5. The topological polar surface area (TPSA) is 46.3 Å². The zero-order chi connectivity index (χ0) is 22.7. The van der Waals surface area contributed by atoms with E-state index in [4.69, 9.17) is 0 Å². The standard InChI is InChI=1S/C27H29N5/c1-6-19(3)28-25(7-2)27-30-29-26-21(5)31(17-18-32(26)27)20(4)22-13-15-24(16-14-22)23-11-9-8-10-12-23/h6-16,21H,1,4,17-18H2,2-3,5H3/b25-7-,28-19?/t21-/m1/s1. The summed E-state index contributed by atoms with van der Waals surface area (Å²) in [4.78, 5) is 6.93. The maximum Gasteiger partial charge on any atom is 0.182 e. The average Bonchev–Trinajstić information content (AvgIpc) is 3.27. The monoisotopic (exact) mass is 423 g/mol. The molecule has 0 aliphatic carbocycles. The number of fused-ring (bicyclic) bond motifs is 1. The fraction of sp³-hybridized carbons (Fsp3) is 0.222. The molecule has 1 aromatic heterocycles. The van der Waals surface area contributed by atoms with Crippen molar-refractivity contribution in [3.05, 3.63) is 97.1 Å². The highest BCUT2D eigenvalue weighted by Gasteiger charge is 2.30. The lowest BCUT2D eigenvalue weighted by molar-refractivity contribution is 0.250. The third kappa shape index (κ3) is 4.06. The molecule has 162 valence electrons. The zero-order valence-corrected chi connectivity index (χ0v) is 19.0. The van der Waals surface area contributed by atoms with Crippen LogP contribution in [0.3, 0.4) is 0 Å². The van der Waals surface area contributed by atoms with Gasteiger partial charge in [0.05, 0.1) is 6.04 Å². The molecule has 1 aliphatic rings. The first-order valence-electron chi connectivity index (χ1n) is 10.9. The van der Waals surface area contributed by atoms with Gasteiger partial charge in [0.2, 0.25) is 0 Å². The highest BCUT2D eigenvalue weighted by molar-refractivity contribution is 5.95. The molecule has 0 fully saturated rings. The van der Waals surface area contributed by atoms with Crippen molar-refractivity contribution >= 4 is 17.1 Å². The molecule has 0 N–H and O–H groups in total. The van der Waals surface area contributed by atoms with Crippen molar-refractivity contribution in [2.75, 3.05) is 6.54 Å². The minimum atomic E-state index is 0.0638. The minimum absolute atomic E-state index is 0.0638. The molecule has 32 heavy (non-hydrogen) atoms. The lowest BCUT2D eigenvalue weighted by Crippen LogP contribution is -2.36. The first-order chi connectivity index (χ1) is 15.5. The molecule has 4 rings (SSSR count). The quantitative estimate of drug-likeness (QED) is 0.457. The van der Waals surface area contributed by atoms with Crippen LogP contribution in [0.25, 0.3) is 22.5 Å². The zero-order valence-electron chi connectivity index (χ0n) is 19.0. The molecule has 0 saturated heterocycles. The number of hydrogen-bond acceptors (Lipinski definition) is 4. The van der Waals surface area contributed by atoms with Crippen LogP contribution in [-0.2, 0) is 6.54 Å². The van der Waals surface area contributed by atoms with Crippen LogP contribution in [0.2, 0.25) is 0 Å². The van der Waals surface area contributed by atoms with Gasteiger partial charge in [0.25, 0.3) is 0 Å². The van der Waals surface area contributed by atoms with Gasteiger partial charge in [0.1, 0.15) is 5.70 Å². The first kappa shape index (κ1) is 21.5. The van der Waals surface area contributed by atoms with E-state index >= 15 is 0 Å². The molecule has 2 aromatic carbocycles. The predicted molar refractivity (Wildman–Crippen MR) is 133 cm³/mol. The molecule has 0 spiro atoms. The molecule has 0 radical (unpaired) electrons. The second-order valence-electron chi connectivity index (χ2n) is 7.92. The van der Waals surface area contributed by atoms with Crippen molar-refractivity contribution in [2.45, 2.75) is 33.4 Å². The van der Waals surface area contributed by atoms with Crippen molar-refractivity contribution in [1.82, 2.24) is 19.7 Å². The van der Waals surface area contributed by atoms with Crippen LogP contribution >= 0.6 is 0 Å². The number of aliphatic imine (C=N–C) groups is 1. The van der Waals surface area contributed by atoms with E-state index in [0.29, 0.717) is 0 Å². The summed E-state index contributed by atoms with van der Waals surface area (Å²) in [5.74, 6) is 1.73. The number of rotatable bonds is 6. The number of aromatic nitrogens is 3. The van der Waals surface area contributed by atoms with E-state index in [1.807, 2.05) is 26.0 Å². The average molecular weight is 424 g/mol. The third-order valence-electron chi connectivity index (χ3n) is 5.95. The van der Waals surface area contributed by atoms with Gasteiger partial charge < -0.3 is 9.47 Å². The summed E-state index contributed by atoms with van der Waals surface area (Å²) in [5, 5.41) is 8.98. The molecule has 0 saturated carbocycles. The summed E-state index contributed by atoms with van der Waals surface area (Å²) in [7, 11) is 0. The molecule has 3 aromatic rings. The summed E-state index contributed by atoms with van der Waals surface area (Å²) in [6, 6.07) is 19.1. The Balaban J connectivity index is 1.56. The van der Waals surface area contributed by atoms with Crippen molar-refractivity contribution in [2.24, 2.45) is 4.99 Å². The van der Waals surface area contributed by atoms with Crippen LogP contribution in [0.5, 0.6) is 0 Å². The van der Waals surface area contributed by atoms with Crippen molar-refractivity contribution in [1.29, 1.82) is 0 Å². The summed E-state index contributed by atoms with van der Waals surface area (Å²) < 4.78 is 2.17. The molecular formula is C27H29N5. The normalized spacial score (nSPS) is 16.6. The van der Waals surface area contributed by atoms with E-state index in [2.05, 4.69) is 93.3 Å². The molecular weight excluding hydrogens is 394 g/mol. The van der Waals surface area contributed by atoms with Gasteiger partial charge in [-0.3, -0.25) is 4.99 Å². The van der Waals surface area contributed by atoms with Gasteiger partial charge in [-0.1, -0.05) is 73.8 Å². The number of benzene rings is 2. The highest BCUT2D eigenvalue weighted by Crippen LogP contribution is 2.33. The maximum absolute atomic E-state index is 4.63. The van der Waals surface area contributed by atoms with Crippen molar-refractivity contribution < 1.29 is 0 Å². The molecule has 2 heterocycles. The van der Waals surface area contributed by atoms with E-state index < -0.39 is 0 Å². The van der Waals surface area contributed by atoms with E-state index in [1.165, 1.54) is 11.1 Å². The molecule has 0 bridgehead atoms. The maximum atomic E-state index is 4.63. The summed E-state index contributed by atoms with van der Waals surface area (Å²) in [6.45, 7) is 15.9. The van der Waals surface area contributed by atoms with Crippen LogP contribution in [0, 0.1) is 0 Å². The molecule has 5 heteroatoms. The summed E-state index contributed by atoms with van der Waals surface area (Å²) >= 11 is 0. The predicted octanol–water partition coefficient (Wildman–Crippen LogP) is 6.00. The minimum Gasteiger partial charge on any atom is -0.360 e. The molecule has 0 unspecified atom stereocenters. The van der Waals surface area contributed by atoms with Gasteiger partial charge in [0.15, 0.2) is 11.6 Å². The van der Waals surface area contributed by atoms with Crippen molar-refractivity contribution in [3.8, 4) is 11.1 Å². The third-order valence-corrected chi connectivity index (χ3v) is 5.95. The van der Waals surface area contributed by atoms with Gasteiger partial charge >= 0.3 is 0 Å².